The standard InChI is InChI=1S/C11H16O3/c1-7(2)4-5-9-6-10(12)8(3)11(13)14-9/h6-7,12H,4-5H2,1-3H3. The van der Waals surface area contributed by atoms with Gasteiger partial charge in [0.05, 0.1) is 5.56 Å². The van der Waals surface area contributed by atoms with Crippen LogP contribution in [0.4, 0.5) is 0 Å². The van der Waals surface area contributed by atoms with Crippen molar-refractivity contribution in [3.63, 3.8) is 0 Å². The van der Waals surface area contributed by atoms with Crippen LogP contribution < -0.4 is 5.63 Å². The van der Waals surface area contributed by atoms with Gasteiger partial charge in [-0.2, -0.15) is 0 Å². The molecule has 0 fully saturated rings. The van der Waals surface area contributed by atoms with Crippen LogP contribution in [-0.2, 0) is 6.42 Å². The quantitative estimate of drug-likeness (QED) is 0.806. The Morgan fingerprint density at radius 3 is 2.64 bits per heavy atom. The third-order valence-electron chi connectivity index (χ3n) is 2.18. The van der Waals surface area contributed by atoms with Gasteiger partial charge in [0.15, 0.2) is 0 Å². The largest absolute Gasteiger partial charge is 0.507 e. The van der Waals surface area contributed by atoms with E-state index >= 15 is 0 Å². The Hall–Kier alpha value is -1.25. The van der Waals surface area contributed by atoms with Crippen LogP contribution in [0, 0.1) is 12.8 Å². The molecule has 0 radical (unpaired) electrons. The van der Waals surface area contributed by atoms with E-state index < -0.39 is 5.63 Å². The van der Waals surface area contributed by atoms with E-state index in [1.807, 2.05) is 0 Å². The predicted octanol–water partition coefficient (Wildman–Crippen LogP) is 2.24. The van der Waals surface area contributed by atoms with Crippen molar-refractivity contribution in [3.05, 3.63) is 27.8 Å². The first-order chi connectivity index (χ1) is 6.50. The van der Waals surface area contributed by atoms with E-state index in [2.05, 4.69) is 13.8 Å². The van der Waals surface area contributed by atoms with E-state index in [1.54, 1.807) is 6.92 Å². The third-order valence-corrected chi connectivity index (χ3v) is 2.18. The van der Waals surface area contributed by atoms with Gasteiger partial charge in [0, 0.05) is 12.5 Å². The zero-order chi connectivity index (χ0) is 10.7. The first-order valence-electron chi connectivity index (χ1n) is 4.83. The van der Waals surface area contributed by atoms with Crippen LogP contribution in [0.25, 0.3) is 0 Å². The first kappa shape index (κ1) is 10.8. The van der Waals surface area contributed by atoms with Crippen LogP contribution in [0.1, 0.15) is 31.6 Å². The summed E-state index contributed by atoms with van der Waals surface area (Å²) in [5.74, 6) is 1.15. The summed E-state index contributed by atoms with van der Waals surface area (Å²) in [7, 11) is 0. The maximum absolute atomic E-state index is 11.2. The Bertz CT molecular complexity index is 363. The minimum absolute atomic E-state index is 0.0278. The molecular formula is C11H16O3. The first-order valence-corrected chi connectivity index (χ1v) is 4.83. The molecule has 0 atom stereocenters. The molecule has 1 rings (SSSR count). The van der Waals surface area contributed by atoms with Gasteiger partial charge in [-0.05, 0) is 19.3 Å². The van der Waals surface area contributed by atoms with Gasteiger partial charge in [-0.3, -0.25) is 0 Å². The summed E-state index contributed by atoms with van der Waals surface area (Å²) in [6, 6.07) is 1.53. The summed E-state index contributed by atoms with van der Waals surface area (Å²) in [5, 5.41) is 9.39. The van der Waals surface area contributed by atoms with Crippen LogP contribution in [0.2, 0.25) is 0 Å². The minimum atomic E-state index is -0.441. The Labute approximate surface area is 83.4 Å². The second kappa shape index (κ2) is 4.31. The number of hydrogen-bond acceptors (Lipinski definition) is 3. The highest BCUT2D eigenvalue weighted by molar-refractivity contribution is 5.28. The van der Waals surface area contributed by atoms with Gasteiger partial charge in [0.25, 0.3) is 0 Å². The molecule has 1 N–H and O–H groups in total. The lowest BCUT2D eigenvalue weighted by Gasteiger charge is -2.04. The molecule has 1 aromatic rings. The maximum Gasteiger partial charge on any atom is 0.342 e. The van der Waals surface area contributed by atoms with Crippen molar-refractivity contribution in [3.8, 4) is 5.75 Å². The molecule has 0 saturated heterocycles. The van der Waals surface area contributed by atoms with Gasteiger partial charge in [-0.15, -0.1) is 0 Å². The summed E-state index contributed by atoms with van der Waals surface area (Å²) < 4.78 is 5.02. The molecule has 1 aromatic heterocycles. The Morgan fingerprint density at radius 1 is 1.50 bits per heavy atom. The van der Waals surface area contributed by atoms with Gasteiger partial charge < -0.3 is 9.52 Å². The molecule has 0 aliphatic heterocycles. The molecule has 78 valence electrons. The minimum Gasteiger partial charge on any atom is -0.507 e. The second-order valence-corrected chi connectivity index (χ2v) is 3.94. The molecule has 0 saturated carbocycles. The molecule has 0 bridgehead atoms. The zero-order valence-electron chi connectivity index (χ0n) is 8.83. The molecule has 1 heterocycles. The molecule has 0 aliphatic rings. The van der Waals surface area contributed by atoms with Crippen LogP contribution in [-0.4, -0.2) is 5.11 Å². The third kappa shape index (κ3) is 2.62. The van der Waals surface area contributed by atoms with Crippen molar-refractivity contribution < 1.29 is 9.52 Å². The Kier molecular flexibility index (Phi) is 3.33. The molecule has 0 unspecified atom stereocenters. The van der Waals surface area contributed by atoms with Gasteiger partial charge in [0.1, 0.15) is 11.5 Å². The van der Waals surface area contributed by atoms with Crippen molar-refractivity contribution in [2.45, 2.75) is 33.6 Å². The van der Waals surface area contributed by atoms with Crippen molar-refractivity contribution in [1.29, 1.82) is 0 Å². The monoisotopic (exact) mass is 196 g/mol. The van der Waals surface area contributed by atoms with Crippen molar-refractivity contribution in [1.82, 2.24) is 0 Å². The lowest BCUT2D eigenvalue weighted by molar-refractivity contribution is 0.406. The fourth-order valence-electron chi connectivity index (χ4n) is 1.14. The summed E-state index contributed by atoms with van der Waals surface area (Å²) in [6.07, 6.45) is 1.65. The number of aryl methyl sites for hydroxylation is 1. The number of aromatic hydroxyl groups is 1. The van der Waals surface area contributed by atoms with Crippen LogP contribution in [0.5, 0.6) is 5.75 Å². The summed E-state index contributed by atoms with van der Waals surface area (Å²) in [5.41, 5.74) is -0.165. The van der Waals surface area contributed by atoms with Crippen molar-refractivity contribution in [2.24, 2.45) is 5.92 Å². The molecule has 0 amide bonds. The number of hydrogen-bond donors (Lipinski definition) is 1. The lowest BCUT2D eigenvalue weighted by atomic mass is 10.1. The fraction of sp³-hybridized carbons (Fsp3) is 0.545. The summed E-state index contributed by atoms with van der Waals surface area (Å²) >= 11 is 0. The van der Waals surface area contributed by atoms with Crippen LogP contribution >= 0.6 is 0 Å². The summed E-state index contributed by atoms with van der Waals surface area (Å²) in [4.78, 5) is 11.2. The predicted molar refractivity (Wildman–Crippen MR) is 54.5 cm³/mol. The maximum atomic E-state index is 11.2. The van der Waals surface area contributed by atoms with E-state index in [9.17, 15) is 9.90 Å². The number of rotatable bonds is 3. The SMILES string of the molecule is Cc1c(O)cc(CCC(C)C)oc1=O. The van der Waals surface area contributed by atoms with Gasteiger partial charge in [-0.1, -0.05) is 13.8 Å². The van der Waals surface area contributed by atoms with E-state index in [-0.39, 0.29) is 11.3 Å². The van der Waals surface area contributed by atoms with Crippen molar-refractivity contribution in [2.75, 3.05) is 0 Å². The molecule has 0 aliphatic carbocycles. The van der Waals surface area contributed by atoms with E-state index in [0.717, 1.165) is 6.42 Å². The van der Waals surface area contributed by atoms with Gasteiger partial charge >= 0.3 is 5.63 Å². The average Bonchev–Trinajstić information content (AvgIpc) is 2.10. The van der Waals surface area contributed by atoms with E-state index in [0.29, 0.717) is 18.1 Å². The topological polar surface area (TPSA) is 50.4 Å². The highest BCUT2D eigenvalue weighted by Crippen LogP contribution is 2.16. The molecule has 3 nitrogen and oxygen atoms in total. The molecule has 3 heteroatoms. The lowest BCUT2D eigenvalue weighted by Crippen LogP contribution is -2.05. The Balaban J connectivity index is 2.85. The molecule has 0 aromatic carbocycles. The van der Waals surface area contributed by atoms with Crippen molar-refractivity contribution >= 4 is 0 Å². The van der Waals surface area contributed by atoms with Crippen LogP contribution in [0.15, 0.2) is 15.3 Å². The van der Waals surface area contributed by atoms with E-state index in [4.69, 9.17) is 4.42 Å². The van der Waals surface area contributed by atoms with Gasteiger partial charge in [0.2, 0.25) is 0 Å². The fourth-order valence-corrected chi connectivity index (χ4v) is 1.14. The normalized spacial score (nSPS) is 10.9. The zero-order valence-corrected chi connectivity index (χ0v) is 8.83. The molecular weight excluding hydrogens is 180 g/mol. The average molecular weight is 196 g/mol. The van der Waals surface area contributed by atoms with Crippen LogP contribution in [0.3, 0.4) is 0 Å². The Morgan fingerprint density at radius 2 is 2.14 bits per heavy atom. The highest BCUT2D eigenvalue weighted by Gasteiger charge is 2.06. The second-order valence-electron chi connectivity index (χ2n) is 3.94. The highest BCUT2D eigenvalue weighted by atomic mass is 16.4. The van der Waals surface area contributed by atoms with E-state index in [1.165, 1.54) is 6.07 Å². The van der Waals surface area contributed by atoms with Gasteiger partial charge in [-0.25, -0.2) is 4.79 Å². The molecule has 0 spiro atoms. The summed E-state index contributed by atoms with van der Waals surface area (Å²) in [6.45, 7) is 5.76. The smallest absolute Gasteiger partial charge is 0.342 e. The molecule has 14 heavy (non-hydrogen) atoms.